The van der Waals surface area contributed by atoms with E-state index in [-0.39, 0.29) is 11.9 Å². The van der Waals surface area contributed by atoms with Gasteiger partial charge in [0.1, 0.15) is 0 Å². The van der Waals surface area contributed by atoms with Gasteiger partial charge in [-0.3, -0.25) is 4.79 Å². The number of hydrogen-bond acceptors (Lipinski definition) is 4. The van der Waals surface area contributed by atoms with E-state index in [1.54, 1.807) is 11.3 Å². The van der Waals surface area contributed by atoms with Crippen LogP contribution in [0.3, 0.4) is 0 Å². The number of nitrogens with one attached hydrogen (secondary N) is 1. The maximum absolute atomic E-state index is 12.5. The molecule has 4 nitrogen and oxygen atoms in total. The minimum Gasteiger partial charge on any atom is -0.376 e. The van der Waals surface area contributed by atoms with Gasteiger partial charge in [0, 0.05) is 23.9 Å². The number of rotatable bonds is 4. The third-order valence-electron chi connectivity index (χ3n) is 4.64. The highest BCUT2D eigenvalue weighted by atomic mass is 32.1. The van der Waals surface area contributed by atoms with Crippen LogP contribution in [0.2, 0.25) is 0 Å². The molecule has 0 bridgehead atoms. The predicted molar refractivity (Wildman–Crippen MR) is 84.6 cm³/mol. The van der Waals surface area contributed by atoms with Gasteiger partial charge in [-0.15, -0.1) is 11.3 Å². The molecule has 1 aromatic rings. The van der Waals surface area contributed by atoms with Gasteiger partial charge in [0.15, 0.2) is 0 Å². The van der Waals surface area contributed by atoms with Crippen LogP contribution in [0.15, 0.2) is 6.07 Å². The molecule has 3 rings (SSSR count). The molecule has 0 radical (unpaired) electrons. The predicted octanol–water partition coefficient (Wildman–Crippen LogP) is 2.46. The third-order valence-corrected chi connectivity index (χ3v) is 5.88. The first-order valence-corrected chi connectivity index (χ1v) is 8.80. The maximum atomic E-state index is 12.5. The first-order chi connectivity index (χ1) is 10.3. The van der Waals surface area contributed by atoms with E-state index in [4.69, 9.17) is 10.5 Å². The van der Waals surface area contributed by atoms with E-state index in [9.17, 15) is 4.79 Å². The zero-order chi connectivity index (χ0) is 14.7. The van der Waals surface area contributed by atoms with Crippen molar-refractivity contribution < 1.29 is 9.53 Å². The minimum atomic E-state index is 0.0374. The number of thiophene rings is 1. The van der Waals surface area contributed by atoms with Gasteiger partial charge in [-0.1, -0.05) is 19.3 Å². The monoisotopic (exact) mass is 308 g/mol. The number of fused-ring (bicyclic) bond motifs is 1. The summed E-state index contributed by atoms with van der Waals surface area (Å²) in [5.41, 5.74) is 7.08. The largest absolute Gasteiger partial charge is 0.376 e. The van der Waals surface area contributed by atoms with Crippen molar-refractivity contribution >= 4 is 17.2 Å². The van der Waals surface area contributed by atoms with Crippen molar-refractivity contribution in [3.05, 3.63) is 21.4 Å². The van der Waals surface area contributed by atoms with Crippen LogP contribution >= 0.6 is 11.3 Å². The summed E-state index contributed by atoms with van der Waals surface area (Å²) in [7, 11) is 0. The van der Waals surface area contributed by atoms with Crippen LogP contribution in [0.25, 0.3) is 0 Å². The van der Waals surface area contributed by atoms with Gasteiger partial charge < -0.3 is 15.8 Å². The first kappa shape index (κ1) is 15.0. The van der Waals surface area contributed by atoms with Crippen LogP contribution in [-0.2, 0) is 17.8 Å². The Morgan fingerprint density at radius 3 is 2.95 bits per heavy atom. The lowest BCUT2D eigenvalue weighted by molar-refractivity contribution is 0.0919. The molecule has 21 heavy (non-hydrogen) atoms. The van der Waals surface area contributed by atoms with Gasteiger partial charge in [0.05, 0.1) is 18.1 Å². The molecule has 1 aliphatic carbocycles. The van der Waals surface area contributed by atoms with Crippen LogP contribution in [0.4, 0.5) is 0 Å². The Bertz CT molecular complexity index is 471. The first-order valence-electron chi connectivity index (χ1n) is 7.98. The fourth-order valence-corrected chi connectivity index (χ4v) is 4.46. The second-order valence-corrected chi connectivity index (χ2v) is 7.21. The van der Waals surface area contributed by atoms with E-state index in [0.29, 0.717) is 19.1 Å². The smallest absolute Gasteiger partial charge is 0.261 e. The number of hydrogen-bond donors (Lipinski definition) is 2. The Kier molecular flexibility index (Phi) is 4.93. The summed E-state index contributed by atoms with van der Waals surface area (Å²) < 4.78 is 5.44. The zero-order valence-electron chi connectivity index (χ0n) is 12.4. The fraction of sp³-hybridized carbons (Fsp3) is 0.688. The second kappa shape index (κ2) is 6.90. The van der Waals surface area contributed by atoms with Gasteiger partial charge in [0.2, 0.25) is 0 Å². The Morgan fingerprint density at radius 2 is 2.24 bits per heavy atom. The molecule has 116 valence electrons. The standard InChI is InChI=1S/C16H24N2O2S/c17-9-13(11-4-2-1-3-5-11)18-16(19)15-8-12-10-20-7-6-14(12)21-15/h8,11,13H,1-7,9-10,17H2,(H,18,19)/t13-/m0/s1. The average molecular weight is 308 g/mol. The number of nitrogens with two attached hydrogens (primary N) is 1. The van der Waals surface area contributed by atoms with Gasteiger partial charge >= 0.3 is 0 Å². The molecule has 1 atom stereocenters. The molecular formula is C16H24N2O2S. The Labute approximate surface area is 130 Å². The lowest BCUT2D eigenvalue weighted by Gasteiger charge is -2.29. The van der Waals surface area contributed by atoms with Crippen molar-refractivity contribution in [2.24, 2.45) is 11.7 Å². The van der Waals surface area contributed by atoms with Crippen molar-refractivity contribution in [2.75, 3.05) is 13.2 Å². The number of carbonyl (C=O) groups excluding carboxylic acids is 1. The van der Waals surface area contributed by atoms with Gasteiger partial charge in [-0.2, -0.15) is 0 Å². The van der Waals surface area contributed by atoms with E-state index in [2.05, 4.69) is 5.32 Å². The van der Waals surface area contributed by atoms with Crippen molar-refractivity contribution in [1.82, 2.24) is 5.32 Å². The number of amides is 1. The van der Waals surface area contributed by atoms with Crippen molar-refractivity contribution in [3.8, 4) is 0 Å². The molecule has 1 saturated carbocycles. The molecule has 0 aromatic carbocycles. The van der Waals surface area contributed by atoms with Gasteiger partial charge in [-0.25, -0.2) is 0 Å². The molecule has 2 aliphatic rings. The average Bonchev–Trinajstić information content (AvgIpc) is 2.97. The quantitative estimate of drug-likeness (QED) is 0.898. The maximum Gasteiger partial charge on any atom is 0.261 e. The second-order valence-electron chi connectivity index (χ2n) is 6.08. The normalized spacial score (nSPS) is 20.8. The summed E-state index contributed by atoms with van der Waals surface area (Å²) in [4.78, 5) is 14.6. The van der Waals surface area contributed by atoms with Crippen LogP contribution in [0.1, 0.15) is 52.2 Å². The third kappa shape index (κ3) is 3.47. The van der Waals surface area contributed by atoms with Crippen LogP contribution in [-0.4, -0.2) is 25.1 Å². The van der Waals surface area contributed by atoms with E-state index in [1.807, 2.05) is 6.07 Å². The topological polar surface area (TPSA) is 64.3 Å². The van der Waals surface area contributed by atoms with Crippen molar-refractivity contribution in [1.29, 1.82) is 0 Å². The zero-order valence-corrected chi connectivity index (χ0v) is 13.2. The molecule has 1 aliphatic heterocycles. The summed E-state index contributed by atoms with van der Waals surface area (Å²) in [5, 5.41) is 3.17. The van der Waals surface area contributed by atoms with E-state index in [0.717, 1.165) is 17.9 Å². The molecule has 1 fully saturated rings. The highest BCUT2D eigenvalue weighted by Gasteiger charge is 2.25. The summed E-state index contributed by atoms with van der Waals surface area (Å²) in [6.07, 6.45) is 7.16. The molecule has 1 aromatic heterocycles. The van der Waals surface area contributed by atoms with Crippen LogP contribution in [0.5, 0.6) is 0 Å². The molecule has 2 heterocycles. The number of carbonyl (C=O) groups is 1. The van der Waals surface area contributed by atoms with Crippen LogP contribution in [0, 0.1) is 5.92 Å². The Balaban J connectivity index is 1.65. The highest BCUT2D eigenvalue weighted by molar-refractivity contribution is 7.14. The van der Waals surface area contributed by atoms with Gasteiger partial charge in [0.25, 0.3) is 5.91 Å². The van der Waals surface area contributed by atoms with Crippen molar-refractivity contribution in [3.63, 3.8) is 0 Å². The fourth-order valence-electron chi connectivity index (χ4n) is 3.40. The molecule has 0 unspecified atom stereocenters. The Hall–Kier alpha value is -0.910. The summed E-state index contributed by atoms with van der Waals surface area (Å²) in [5.74, 6) is 0.584. The van der Waals surface area contributed by atoms with Crippen molar-refractivity contribution in [2.45, 2.75) is 51.2 Å². The molecule has 0 spiro atoms. The summed E-state index contributed by atoms with van der Waals surface area (Å²) in [6, 6.07) is 2.11. The lowest BCUT2D eigenvalue weighted by Crippen LogP contribution is -2.45. The molecular weight excluding hydrogens is 284 g/mol. The van der Waals surface area contributed by atoms with Crippen LogP contribution < -0.4 is 11.1 Å². The lowest BCUT2D eigenvalue weighted by atomic mass is 9.84. The molecule has 5 heteroatoms. The highest BCUT2D eigenvalue weighted by Crippen LogP contribution is 2.29. The molecule has 1 amide bonds. The SMILES string of the molecule is NC[C@H](NC(=O)c1cc2c(s1)CCOC2)C1CCCCC1. The summed E-state index contributed by atoms with van der Waals surface area (Å²) in [6.45, 7) is 1.94. The Morgan fingerprint density at radius 1 is 1.43 bits per heavy atom. The summed E-state index contributed by atoms with van der Waals surface area (Å²) >= 11 is 1.61. The van der Waals surface area contributed by atoms with E-state index < -0.39 is 0 Å². The van der Waals surface area contributed by atoms with E-state index in [1.165, 1.54) is 42.5 Å². The number of ether oxygens (including phenoxy) is 1. The minimum absolute atomic E-state index is 0.0374. The van der Waals surface area contributed by atoms with E-state index >= 15 is 0 Å². The molecule has 0 saturated heterocycles. The van der Waals surface area contributed by atoms with Gasteiger partial charge in [-0.05, 0) is 30.4 Å². The molecule has 3 N–H and O–H groups in total.